The van der Waals surface area contributed by atoms with E-state index in [0.29, 0.717) is 16.9 Å². The number of ether oxygens (including phenoxy) is 2. The van der Waals surface area contributed by atoms with E-state index in [2.05, 4.69) is 0 Å². The Labute approximate surface area is 229 Å². The summed E-state index contributed by atoms with van der Waals surface area (Å²) in [6.45, 7) is 0. The third kappa shape index (κ3) is 4.36. The van der Waals surface area contributed by atoms with Gasteiger partial charge >= 0.3 is 5.97 Å². The number of carbonyl (C=O) groups is 3. The zero-order valence-electron chi connectivity index (χ0n) is 21.3. The minimum absolute atomic E-state index is 0.141. The van der Waals surface area contributed by atoms with Crippen LogP contribution in [0.3, 0.4) is 0 Å². The van der Waals surface area contributed by atoms with Crippen LogP contribution in [0.25, 0.3) is 0 Å². The number of rotatable bonds is 6. The first-order valence-electron chi connectivity index (χ1n) is 12.6. The van der Waals surface area contributed by atoms with Crippen molar-refractivity contribution in [3.63, 3.8) is 0 Å². The van der Waals surface area contributed by atoms with Crippen molar-refractivity contribution in [3.05, 3.63) is 120 Å². The molecule has 0 bridgehead atoms. The highest BCUT2D eigenvalue weighted by Crippen LogP contribution is 2.48. The summed E-state index contributed by atoms with van der Waals surface area (Å²) in [6.07, 6.45) is -1.03. The summed E-state index contributed by atoms with van der Waals surface area (Å²) in [4.78, 5) is 47.2. The molecule has 0 unspecified atom stereocenters. The first kappa shape index (κ1) is 25.3. The maximum atomic E-state index is 13.8. The lowest BCUT2D eigenvalue weighted by atomic mass is 9.90. The summed E-state index contributed by atoms with van der Waals surface area (Å²) in [5.41, 5.74) is 1.93. The van der Waals surface area contributed by atoms with Crippen molar-refractivity contribution in [1.29, 1.82) is 0 Å². The van der Waals surface area contributed by atoms with Gasteiger partial charge in [-0.3, -0.25) is 14.4 Å². The zero-order chi connectivity index (χ0) is 27.8. The van der Waals surface area contributed by atoms with Gasteiger partial charge in [-0.1, -0.05) is 42.5 Å². The Balaban J connectivity index is 1.37. The molecular formula is C31H23FN2O6. The van der Waals surface area contributed by atoms with Crippen LogP contribution in [0.5, 0.6) is 11.5 Å². The largest absolute Gasteiger partial charge is 0.493 e. The molecule has 3 atom stereocenters. The molecule has 2 aliphatic rings. The smallest absolute Gasteiger partial charge is 0.343 e. The molecule has 0 radical (unpaired) electrons. The average molecular weight is 539 g/mol. The van der Waals surface area contributed by atoms with E-state index in [1.54, 1.807) is 47.5 Å². The van der Waals surface area contributed by atoms with Crippen molar-refractivity contribution in [2.75, 3.05) is 17.1 Å². The van der Waals surface area contributed by atoms with E-state index in [9.17, 15) is 18.8 Å². The number of halogens is 1. The number of para-hydroxylation sites is 2. The molecule has 9 heteroatoms. The lowest BCUT2D eigenvalue weighted by Crippen LogP contribution is -2.37. The Bertz CT molecular complexity index is 1580. The van der Waals surface area contributed by atoms with Crippen LogP contribution >= 0.6 is 0 Å². The molecule has 6 rings (SSSR count). The van der Waals surface area contributed by atoms with Crippen molar-refractivity contribution in [2.24, 2.45) is 5.92 Å². The quantitative estimate of drug-likeness (QED) is 0.192. The maximum Gasteiger partial charge on any atom is 0.343 e. The SMILES string of the molecule is COc1cc([C@@H]2[C@H]3C(=O)N(c4ccccc4)C(=O)[C@@H]3ON2c2ccccc2)ccc1OC(=O)c1ccc(F)cc1. The number of anilines is 2. The van der Waals surface area contributed by atoms with Crippen LogP contribution < -0.4 is 19.4 Å². The molecule has 8 nitrogen and oxygen atoms in total. The third-order valence-corrected chi connectivity index (χ3v) is 6.95. The van der Waals surface area contributed by atoms with Crippen LogP contribution in [-0.2, 0) is 14.4 Å². The minimum Gasteiger partial charge on any atom is -0.493 e. The second kappa shape index (κ2) is 10.3. The summed E-state index contributed by atoms with van der Waals surface area (Å²) in [5, 5.41) is 1.58. The average Bonchev–Trinajstić information content (AvgIpc) is 3.50. The van der Waals surface area contributed by atoms with Crippen LogP contribution in [0.1, 0.15) is 22.0 Å². The number of hydrogen-bond donors (Lipinski definition) is 0. The highest BCUT2D eigenvalue weighted by atomic mass is 19.1. The van der Waals surface area contributed by atoms with Crippen LogP contribution in [0.15, 0.2) is 103 Å². The first-order chi connectivity index (χ1) is 19.5. The Hall–Kier alpha value is -5.02. The Kier molecular flexibility index (Phi) is 6.49. The molecule has 0 spiro atoms. The number of imide groups is 1. The van der Waals surface area contributed by atoms with Gasteiger partial charge in [0.05, 0.1) is 30.1 Å². The van der Waals surface area contributed by atoms with Crippen molar-refractivity contribution in [1.82, 2.24) is 0 Å². The van der Waals surface area contributed by atoms with E-state index in [1.807, 2.05) is 36.4 Å². The van der Waals surface area contributed by atoms with Gasteiger partial charge in [-0.25, -0.2) is 19.1 Å². The molecule has 2 heterocycles. The zero-order valence-corrected chi connectivity index (χ0v) is 21.3. The second-order valence-corrected chi connectivity index (χ2v) is 9.31. The third-order valence-electron chi connectivity index (χ3n) is 6.95. The van der Waals surface area contributed by atoms with Crippen LogP contribution in [-0.4, -0.2) is 31.0 Å². The minimum atomic E-state index is -1.03. The van der Waals surface area contributed by atoms with Crippen molar-refractivity contribution in [3.8, 4) is 11.5 Å². The molecule has 0 N–H and O–H groups in total. The fraction of sp³-hybridized carbons (Fsp3) is 0.129. The highest BCUT2D eigenvalue weighted by molar-refractivity contribution is 6.23. The standard InChI is InChI=1S/C31H23FN2O6/c1-38-25-18-20(14-17-24(25)39-31(37)19-12-15-21(32)16-13-19)27-26-28(40-34(27)23-10-6-3-7-11-23)30(36)33(29(26)35)22-8-4-2-5-9-22/h2-18,26-28H,1H3/t26-,27-,28-/m1/s1. The first-order valence-corrected chi connectivity index (χ1v) is 12.6. The van der Waals surface area contributed by atoms with Gasteiger partial charge in [0.15, 0.2) is 17.6 Å². The number of carbonyl (C=O) groups excluding carboxylic acids is 3. The van der Waals surface area contributed by atoms with Gasteiger partial charge < -0.3 is 9.47 Å². The van der Waals surface area contributed by atoms with E-state index in [0.717, 1.165) is 0 Å². The molecule has 2 amide bonds. The van der Waals surface area contributed by atoms with Crippen LogP contribution in [0, 0.1) is 11.7 Å². The Morgan fingerprint density at radius 1 is 0.800 bits per heavy atom. The normalized spacial score (nSPS) is 20.0. The van der Waals surface area contributed by atoms with Gasteiger partial charge in [-0.15, -0.1) is 0 Å². The number of methoxy groups -OCH3 is 1. The Morgan fingerprint density at radius 3 is 2.10 bits per heavy atom. The summed E-state index contributed by atoms with van der Waals surface area (Å²) in [7, 11) is 1.43. The molecule has 4 aromatic carbocycles. The molecule has 2 aliphatic heterocycles. The van der Waals surface area contributed by atoms with E-state index in [1.165, 1.54) is 36.3 Å². The Morgan fingerprint density at radius 2 is 1.45 bits per heavy atom. The lowest BCUT2D eigenvalue weighted by Gasteiger charge is -2.29. The molecule has 4 aromatic rings. The van der Waals surface area contributed by atoms with Crippen LogP contribution in [0.4, 0.5) is 15.8 Å². The number of nitrogens with zero attached hydrogens (tertiary/aromatic N) is 2. The van der Waals surface area contributed by atoms with Gasteiger partial charge in [0, 0.05) is 0 Å². The number of hydroxylamine groups is 1. The summed E-state index contributed by atoms with van der Waals surface area (Å²) < 4.78 is 24.3. The molecule has 200 valence electrons. The number of benzene rings is 4. The monoisotopic (exact) mass is 538 g/mol. The number of fused-ring (bicyclic) bond motifs is 1. The summed E-state index contributed by atoms with van der Waals surface area (Å²) in [6, 6.07) is 27.1. The predicted molar refractivity (Wildman–Crippen MR) is 143 cm³/mol. The van der Waals surface area contributed by atoms with Gasteiger partial charge in [0.25, 0.3) is 5.91 Å². The molecule has 0 saturated carbocycles. The molecule has 40 heavy (non-hydrogen) atoms. The van der Waals surface area contributed by atoms with Gasteiger partial charge in [-0.05, 0) is 66.2 Å². The second-order valence-electron chi connectivity index (χ2n) is 9.31. The topological polar surface area (TPSA) is 85.4 Å². The predicted octanol–water partition coefficient (Wildman–Crippen LogP) is 5.10. The van der Waals surface area contributed by atoms with Crippen LogP contribution in [0.2, 0.25) is 0 Å². The maximum absolute atomic E-state index is 13.8. The van der Waals surface area contributed by atoms with Crippen molar-refractivity contribution in [2.45, 2.75) is 12.1 Å². The molecule has 0 aliphatic carbocycles. The number of esters is 1. The summed E-state index contributed by atoms with van der Waals surface area (Å²) >= 11 is 0. The molecule has 2 saturated heterocycles. The fourth-order valence-corrected chi connectivity index (χ4v) is 5.08. The fourth-order valence-electron chi connectivity index (χ4n) is 5.08. The van der Waals surface area contributed by atoms with Gasteiger partial charge in [0.2, 0.25) is 5.91 Å². The molecular weight excluding hydrogens is 515 g/mol. The summed E-state index contributed by atoms with van der Waals surface area (Å²) in [5.74, 6) is -2.44. The van der Waals surface area contributed by atoms with E-state index >= 15 is 0 Å². The van der Waals surface area contributed by atoms with Gasteiger partial charge in [0.1, 0.15) is 11.7 Å². The van der Waals surface area contributed by atoms with E-state index in [-0.39, 0.29) is 23.0 Å². The van der Waals surface area contributed by atoms with Gasteiger partial charge in [-0.2, -0.15) is 0 Å². The highest BCUT2D eigenvalue weighted by Gasteiger charge is 2.60. The molecule has 0 aromatic heterocycles. The van der Waals surface area contributed by atoms with Crippen molar-refractivity contribution >= 4 is 29.2 Å². The van der Waals surface area contributed by atoms with E-state index in [4.69, 9.17) is 14.3 Å². The number of amides is 2. The van der Waals surface area contributed by atoms with Crippen molar-refractivity contribution < 1.29 is 33.1 Å². The molecule has 2 fully saturated rings. The number of hydrogen-bond acceptors (Lipinski definition) is 7. The lowest BCUT2D eigenvalue weighted by molar-refractivity contribution is -0.126. The van der Waals surface area contributed by atoms with E-state index < -0.39 is 35.8 Å².